The number of benzene rings is 1. The van der Waals surface area contributed by atoms with E-state index in [4.69, 9.17) is 22.2 Å². The lowest BCUT2D eigenvalue weighted by Gasteiger charge is -2.16. The molecule has 0 amide bonds. The minimum absolute atomic E-state index is 0.285. The molecule has 0 radical (unpaired) electrons. The molecule has 0 unspecified atom stereocenters. The Labute approximate surface area is 130 Å². The number of hydrogen-bond acceptors (Lipinski definition) is 3. The van der Waals surface area contributed by atoms with E-state index in [-0.39, 0.29) is 5.11 Å². The number of nitriles is 1. The van der Waals surface area contributed by atoms with Gasteiger partial charge in [0.05, 0.1) is 6.26 Å². The summed E-state index contributed by atoms with van der Waals surface area (Å²) in [6.07, 6.45) is 7.67. The van der Waals surface area contributed by atoms with Crippen LogP contribution in [0.2, 0.25) is 0 Å². The number of rotatable bonds is 3. The SMILES string of the molecule is CCC1=COC(c2ccc(NC(=S)NC#N)cc2C)=CC1. The van der Waals surface area contributed by atoms with E-state index >= 15 is 0 Å². The van der Waals surface area contributed by atoms with Crippen LogP contribution in [0.25, 0.3) is 5.76 Å². The summed E-state index contributed by atoms with van der Waals surface area (Å²) in [7, 11) is 0. The Morgan fingerprint density at radius 1 is 1.48 bits per heavy atom. The first-order valence-electron chi connectivity index (χ1n) is 6.76. The van der Waals surface area contributed by atoms with Crippen molar-refractivity contribution in [2.24, 2.45) is 0 Å². The fraction of sp³-hybridized carbons (Fsp3) is 0.250. The molecular weight excluding hydrogens is 282 g/mol. The summed E-state index contributed by atoms with van der Waals surface area (Å²) in [5.41, 5.74) is 4.28. The lowest BCUT2D eigenvalue weighted by atomic mass is 10.0. The van der Waals surface area contributed by atoms with Gasteiger partial charge in [-0.25, -0.2) is 0 Å². The van der Waals surface area contributed by atoms with Crippen molar-refractivity contribution in [3.05, 3.63) is 47.2 Å². The van der Waals surface area contributed by atoms with Gasteiger partial charge in [-0.15, -0.1) is 0 Å². The van der Waals surface area contributed by atoms with Gasteiger partial charge in [0.25, 0.3) is 0 Å². The van der Waals surface area contributed by atoms with Gasteiger partial charge < -0.3 is 10.1 Å². The second-order valence-corrected chi connectivity index (χ2v) is 5.15. The van der Waals surface area contributed by atoms with Crippen LogP contribution in [-0.2, 0) is 4.74 Å². The Kier molecular flexibility index (Phi) is 4.96. The zero-order valence-corrected chi connectivity index (χ0v) is 12.9. The topological polar surface area (TPSA) is 57.1 Å². The van der Waals surface area contributed by atoms with E-state index in [9.17, 15) is 0 Å². The van der Waals surface area contributed by atoms with Gasteiger partial charge in [-0.2, -0.15) is 5.26 Å². The van der Waals surface area contributed by atoms with Gasteiger partial charge in [0.1, 0.15) is 5.76 Å². The number of anilines is 1. The third-order valence-corrected chi connectivity index (χ3v) is 3.48. The molecule has 21 heavy (non-hydrogen) atoms. The van der Waals surface area contributed by atoms with Crippen LogP contribution in [0.5, 0.6) is 0 Å². The molecule has 0 aromatic heterocycles. The second kappa shape index (κ2) is 6.91. The van der Waals surface area contributed by atoms with Crippen molar-refractivity contribution < 1.29 is 4.74 Å². The third kappa shape index (κ3) is 3.83. The Bertz CT molecular complexity index is 656. The van der Waals surface area contributed by atoms with Gasteiger partial charge in [-0.05, 0) is 67.4 Å². The lowest BCUT2D eigenvalue weighted by molar-refractivity contribution is 0.419. The predicted molar refractivity (Wildman–Crippen MR) is 88.2 cm³/mol. The molecule has 0 spiro atoms. The minimum Gasteiger partial charge on any atom is -0.465 e. The summed E-state index contributed by atoms with van der Waals surface area (Å²) < 4.78 is 5.71. The monoisotopic (exact) mass is 299 g/mol. The highest BCUT2D eigenvalue weighted by molar-refractivity contribution is 7.80. The highest BCUT2D eigenvalue weighted by atomic mass is 32.1. The summed E-state index contributed by atoms with van der Waals surface area (Å²) in [4.78, 5) is 0. The quantitative estimate of drug-likeness (QED) is 0.505. The van der Waals surface area contributed by atoms with E-state index in [1.54, 1.807) is 6.19 Å². The first kappa shape index (κ1) is 15.1. The van der Waals surface area contributed by atoms with E-state index < -0.39 is 0 Å². The average molecular weight is 299 g/mol. The van der Waals surface area contributed by atoms with Crippen molar-refractivity contribution >= 4 is 28.8 Å². The highest BCUT2D eigenvalue weighted by Crippen LogP contribution is 2.28. The van der Waals surface area contributed by atoms with Crippen LogP contribution < -0.4 is 10.6 Å². The van der Waals surface area contributed by atoms with E-state index in [0.29, 0.717) is 0 Å². The van der Waals surface area contributed by atoms with Crippen molar-refractivity contribution in [3.8, 4) is 6.19 Å². The van der Waals surface area contributed by atoms with E-state index in [0.717, 1.165) is 35.4 Å². The average Bonchev–Trinajstić information content (AvgIpc) is 2.48. The number of nitrogens with one attached hydrogen (secondary N) is 2. The number of aryl methyl sites for hydroxylation is 1. The number of nitrogens with zero attached hydrogens (tertiary/aromatic N) is 1. The van der Waals surface area contributed by atoms with Gasteiger partial charge in [-0.1, -0.05) is 6.92 Å². The second-order valence-electron chi connectivity index (χ2n) is 4.74. The largest absolute Gasteiger partial charge is 0.465 e. The van der Waals surface area contributed by atoms with E-state index in [2.05, 4.69) is 23.6 Å². The molecule has 108 valence electrons. The van der Waals surface area contributed by atoms with Crippen molar-refractivity contribution in [1.82, 2.24) is 5.32 Å². The zero-order valence-electron chi connectivity index (χ0n) is 12.1. The Balaban J connectivity index is 2.12. The van der Waals surface area contributed by atoms with Crippen LogP contribution in [0.1, 0.15) is 30.9 Å². The molecule has 0 saturated carbocycles. The first-order chi connectivity index (χ1) is 10.1. The number of allylic oxidation sites excluding steroid dienone is 2. The normalized spacial score (nSPS) is 13.4. The number of thiocarbonyl (C=S) groups is 1. The van der Waals surface area contributed by atoms with Crippen LogP contribution >= 0.6 is 12.2 Å². The lowest BCUT2D eigenvalue weighted by Crippen LogP contribution is -2.23. The molecule has 0 fully saturated rings. The molecule has 1 aromatic rings. The van der Waals surface area contributed by atoms with Crippen LogP contribution in [-0.4, -0.2) is 5.11 Å². The molecule has 2 rings (SSSR count). The third-order valence-electron chi connectivity index (χ3n) is 3.28. The maximum atomic E-state index is 8.51. The predicted octanol–water partition coefficient (Wildman–Crippen LogP) is 3.82. The van der Waals surface area contributed by atoms with Gasteiger partial charge in [0.15, 0.2) is 11.3 Å². The van der Waals surface area contributed by atoms with Crippen molar-refractivity contribution in [3.63, 3.8) is 0 Å². The summed E-state index contributed by atoms with van der Waals surface area (Å²) in [6, 6.07) is 5.88. The molecule has 0 atom stereocenters. The molecule has 5 heteroatoms. The molecule has 0 aliphatic carbocycles. The smallest absolute Gasteiger partial charge is 0.184 e. The molecule has 1 aliphatic heterocycles. The fourth-order valence-electron chi connectivity index (χ4n) is 2.10. The molecule has 1 aromatic carbocycles. The molecule has 4 nitrogen and oxygen atoms in total. The maximum Gasteiger partial charge on any atom is 0.184 e. The minimum atomic E-state index is 0.285. The summed E-state index contributed by atoms with van der Waals surface area (Å²) in [5, 5.41) is 14.1. The maximum absolute atomic E-state index is 8.51. The Morgan fingerprint density at radius 2 is 2.29 bits per heavy atom. The first-order valence-corrected chi connectivity index (χ1v) is 7.16. The molecule has 0 bridgehead atoms. The highest BCUT2D eigenvalue weighted by Gasteiger charge is 2.11. The number of ether oxygens (including phenoxy) is 1. The van der Waals surface area contributed by atoms with Crippen molar-refractivity contribution in [2.45, 2.75) is 26.7 Å². The summed E-state index contributed by atoms with van der Waals surface area (Å²) in [5.74, 6) is 0.883. The Morgan fingerprint density at radius 3 is 2.86 bits per heavy atom. The number of hydrogen-bond donors (Lipinski definition) is 2. The van der Waals surface area contributed by atoms with Crippen LogP contribution in [0.15, 0.2) is 36.1 Å². The molecule has 0 saturated heterocycles. The molecule has 1 aliphatic rings. The summed E-state index contributed by atoms with van der Waals surface area (Å²) in [6.45, 7) is 4.14. The van der Waals surface area contributed by atoms with Crippen LogP contribution in [0.4, 0.5) is 5.69 Å². The van der Waals surface area contributed by atoms with Gasteiger partial charge in [-0.3, -0.25) is 5.32 Å². The zero-order chi connectivity index (χ0) is 15.2. The van der Waals surface area contributed by atoms with Crippen molar-refractivity contribution in [1.29, 1.82) is 5.26 Å². The Hall–Kier alpha value is -2.32. The van der Waals surface area contributed by atoms with Gasteiger partial charge in [0.2, 0.25) is 0 Å². The van der Waals surface area contributed by atoms with E-state index in [1.807, 2.05) is 31.4 Å². The standard InChI is InChI=1S/C16H17N3OS/c1-3-12-4-7-15(20-9-12)14-6-5-13(8-11(14)2)19-16(21)18-10-17/h5-9H,3-4H2,1-2H3,(H2,18,19,21). The molecular formula is C16H17N3OS. The van der Waals surface area contributed by atoms with Crippen LogP contribution in [0, 0.1) is 18.4 Å². The van der Waals surface area contributed by atoms with Gasteiger partial charge >= 0.3 is 0 Å². The molecule has 1 heterocycles. The van der Waals surface area contributed by atoms with E-state index in [1.165, 1.54) is 5.57 Å². The van der Waals surface area contributed by atoms with Crippen LogP contribution in [0.3, 0.4) is 0 Å². The van der Waals surface area contributed by atoms with Gasteiger partial charge in [0, 0.05) is 11.3 Å². The fourth-order valence-corrected chi connectivity index (χ4v) is 2.26. The van der Waals surface area contributed by atoms with Crippen molar-refractivity contribution in [2.75, 3.05) is 5.32 Å². The summed E-state index contributed by atoms with van der Waals surface area (Å²) >= 11 is 4.97. The molecule has 2 N–H and O–H groups in total.